The minimum Gasteiger partial charge on any atom is -0.309 e. The van der Waals surface area contributed by atoms with E-state index >= 15 is 0 Å². The molecule has 5 nitrogen and oxygen atoms in total. The van der Waals surface area contributed by atoms with E-state index in [1.54, 1.807) is 11.3 Å². The third kappa shape index (κ3) is 3.32. The van der Waals surface area contributed by atoms with Gasteiger partial charge in [0.15, 0.2) is 5.82 Å². The molecule has 0 saturated heterocycles. The molecule has 0 unspecified atom stereocenters. The second-order valence-electron chi connectivity index (χ2n) is 5.47. The quantitative estimate of drug-likeness (QED) is 0.911. The van der Waals surface area contributed by atoms with Gasteiger partial charge in [-0.1, -0.05) is 0 Å². The van der Waals surface area contributed by atoms with Crippen molar-refractivity contribution in [3.05, 3.63) is 33.8 Å². The number of aromatic amines is 1. The lowest BCUT2D eigenvalue weighted by molar-refractivity contribution is -0.115. The molecule has 1 atom stereocenters. The maximum atomic E-state index is 12.1. The number of hydrogen-bond acceptors (Lipinski definition) is 4. The van der Waals surface area contributed by atoms with E-state index in [1.807, 2.05) is 19.9 Å². The van der Waals surface area contributed by atoms with E-state index in [-0.39, 0.29) is 5.91 Å². The van der Waals surface area contributed by atoms with E-state index in [2.05, 4.69) is 26.9 Å². The molecule has 3 rings (SSSR count). The number of aromatic nitrogens is 3. The molecule has 2 heterocycles. The number of amides is 1. The van der Waals surface area contributed by atoms with Gasteiger partial charge in [0.05, 0.1) is 17.1 Å². The molecule has 1 aliphatic carbocycles. The van der Waals surface area contributed by atoms with Crippen molar-refractivity contribution in [2.24, 2.45) is 0 Å². The summed E-state index contributed by atoms with van der Waals surface area (Å²) < 4.78 is 0. The summed E-state index contributed by atoms with van der Waals surface area (Å²) in [7, 11) is 0. The lowest BCUT2D eigenvalue weighted by Crippen LogP contribution is -2.14. The third-order valence-electron chi connectivity index (χ3n) is 3.80. The molecule has 0 bridgehead atoms. The number of anilines is 1. The van der Waals surface area contributed by atoms with Crippen LogP contribution in [0.1, 0.15) is 46.5 Å². The minimum absolute atomic E-state index is 0.0437. The second-order valence-corrected chi connectivity index (χ2v) is 6.76. The van der Waals surface area contributed by atoms with E-state index in [4.69, 9.17) is 0 Å². The van der Waals surface area contributed by atoms with Crippen LogP contribution in [0.4, 0.5) is 5.82 Å². The van der Waals surface area contributed by atoms with Gasteiger partial charge in [0, 0.05) is 22.6 Å². The van der Waals surface area contributed by atoms with Gasteiger partial charge in [-0.3, -0.25) is 9.89 Å². The normalized spacial score (nSPS) is 15.5. The first-order valence-electron chi connectivity index (χ1n) is 7.21. The predicted octanol–water partition coefficient (Wildman–Crippen LogP) is 3.14. The van der Waals surface area contributed by atoms with Gasteiger partial charge in [0.2, 0.25) is 5.91 Å². The molecule has 0 aromatic carbocycles. The molecule has 1 aliphatic rings. The zero-order valence-electron chi connectivity index (χ0n) is 12.3. The topological polar surface area (TPSA) is 70.7 Å². The van der Waals surface area contributed by atoms with Crippen molar-refractivity contribution in [3.63, 3.8) is 0 Å². The second kappa shape index (κ2) is 5.97. The van der Waals surface area contributed by atoms with Crippen LogP contribution in [0.3, 0.4) is 0 Å². The van der Waals surface area contributed by atoms with Crippen LogP contribution in [0.5, 0.6) is 0 Å². The Morgan fingerprint density at radius 2 is 2.38 bits per heavy atom. The van der Waals surface area contributed by atoms with Gasteiger partial charge in [0.1, 0.15) is 0 Å². The Labute approximate surface area is 128 Å². The van der Waals surface area contributed by atoms with Crippen LogP contribution in [-0.4, -0.2) is 21.1 Å². The van der Waals surface area contributed by atoms with Crippen molar-refractivity contribution in [3.8, 4) is 0 Å². The molecule has 0 spiro atoms. The van der Waals surface area contributed by atoms with Crippen molar-refractivity contribution >= 4 is 23.1 Å². The molecular weight excluding hydrogens is 284 g/mol. The molecule has 21 heavy (non-hydrogen) atoms. The Kier molecular flexibility index (Phi) is 4.05. The maximum Gasteiger partial charge on any atom is 0.230 e. The van der Waals surface area contributed by atoms with Crippen LogP contribution in [0.2, 0.25) is 0 Å². The van der Waals surface area contributed by atoms with Gasteiger partial charge >= 0.3 is 0 Å². The van der Waals surface area contributed by atoms with Gasteiger partial charge in [-0.05, 0) is 39.5 Å². The van der Waals surface area contributed by atoms with Crippen LogP contribution in [0.25, 0.3) is 0 Å². The summed E-state index contributed by atoms with van der Waals surface area (Å²) >= 11 is 1.57. The molecule has 2 N–H and O–H groups in total. The summed E-state index contributed by atoms with van der Waals surface area (Å²) in [5.74, 6) is 1.09. The van der Waals surface area contributed by atoms with Crippen molar-refractivity contribution in [2.75, 3.05) is 5.32 Å². The van der Waals surface area contributed by atoms with E-state index < -0.39 is 0 Å². The fourth-order valence-corrected chi connectivity index (χ4v) is 3.65. The first-order chi connectivity index (χ1) is 10.1. The number of thiazole rings is 1. The molecule has 2 aromatic rings. The molecule has 1 fully saturated rings. The van der Waals surface area contributed by atoms with E-state index in [0.29, 0.717) is 18.2 Å². The summed E-state index contributed by atoms with van der Waals surface area (Å²) in [6.45, 7) is 3.90. The average molecular weight is 303 g/mol. The molecule has 111 valence electrons. The molecular formula is C15H19N4OS. The summed E-state index contributed by atoms with van der Waals surface area (Å²) in [6.07, 6.45) is 6.08. The van der Waals surface area contributed by atoms with Crippen LogP contribution in [0.15, 0.2) is 6.07 Å². The Morgan fingerprint density at radius 1 is 1.52 bits per heavy atom. The smallest absolute Gasteiger partial charge is 0.230 e. The molecule has 1 saturated carbocycles. The van der Waals surface area contributed by atoms with Gasteiger partial charge in [0.25, 0.3) is 0 Å². The minimum atomic E-state index is -0.0437. The number of H-pyrrole nitrogens is 1. The van der Waals surface area contributed by atoms with Crippen molar-refractivity contribution < 1.29 is 4.79 Å². The molecule has 0 aliphatic heterocycles. The fourth-order valence-electron chi connectivity index (χ4n) is 2.72. The van der Waals surface area contributed by atoms with Crippen LogP contribution in [-0.2, 0) is 11.2 Å². The zero-order chi connectivity index (χ0) is 14.8. The Morgan fingerprint density at radius 3 is 3.05 bits per heavy atom. The van der Waals surface area contributed by atoms with Crippen molar-refractivity contribution in [2.45, 2.75) is 45.4 Å². The lowest BCUT2D eigenvalue weighted by atomic mass is 10.0. The first kappa shape index (κ1) is 14.3. The number of aryl methyl sites for hydroxylation is 2. The zero-order valence-corrected chi connectivity index (χ0v) is 13.1. The van der Waals surface area contributed by atoms with Crippen LogP contribution >= 0.6 is 11.3 Å². The highest BCUT2D eigenvalue weighted by Gasteiger charge is 2.20. The summed E-state index contributed by atoms with van der Waals surface area (Å²) in [5, 5.41) is 11.1. The Bertz CT molecular complexity index is 640. The number of nitrogens with zero attached hydrogens (tertiary/aromatic N) is 2. The predicted molar refractivity (Wildman–Crippen MR) is 83.4 cm³/mol. The number of rotatable bonds is 4. The Hall–Kier alpha value is -1.69. The van der Waals surface area contributed by atoms with Gasteiger partial charge in [-0.15, -0.1) is 11.3 Å². The molecule has 6 heteroatoms. The standard InChI is InChI=1S/C15H19N4OS/c1-9-13(21-10(2)16-9)8-15(20)17-14-7-12(18-19-14)11-5-3-4-6-11/h3,7,11H,4-6,8H2,1-2H3,(H2,17,18,19,20)/t11-/m0/s1. The largest absolute Gasteiger partial charge is 0.309 e. The van der Waals surface area contributed by atoms with Crippen molar-refractivity contribution in [1.82, 2.24) is 15.2 Å². The van der Waals surface area contributed by atoms with Crippen LogP contribution < -0.4 is 5.32 Å². The molecule has 1 radical (unpaired) electrons. The average Bonchev–Trinajstić information content (AvgIpc) is 3.11. The fraction of sp³-hybridized carbons (Fsp3) is 0.467. The van der Waals surface area contributed by atoms with Crippen LogP contribution in [0, 0.1) is 20.3 Å². The van der Waals surface area contributed by atoms with E-state index in [1.165, 1.54) is 0 Å². The number of hydrogen-bond donors (Lipinski definition) is 2. The number of carbonyl (C=O) groups excluding carboxylic acids is 1. The first-order valence-corrected chi connectivity index (χ1v) is 8.03. The summed E-state index contributed by atoms with van der Waals surface area (Å²) in [5.41, 5.74) is 2.06. The number of nitrogens with one attached hydrogen (secondary N) is 2. The van der Waals surface area contributed by atoms with Gasteiger partial charge in [-0.2, -0.15) is 5.10 Å². The number of carbonyl (C=O) groups is 1. The van der Waals surface area contributed by atoms with Gasteiger partial charge < -0.3 is 5.32 Å². The summed E-state index contributed by atoms with van der Waals surface area (Å²) in [4.78, 5) is 17.4. The Balaban J connectivity index is 1.61. The highest BCUT2D eigenvalue weighted by molar-refractivity contribution is 7.11. The molecule has 2 aromatic heterocycles. The van der Waals surface area contributed by atoms with E-state index in [9.17, 15) is 4.79 Å². The third-order valence-corrected chi connectivity index (χ3v) is 4.87. The SMILES string of the molecule is Cc1nc(C)c(CC(=O)Nc2cc([C@H]3C[CH]CC3)[nH]n2)s1. The lowest BCUT2D eigenvalue weighted by Gasteiger charge is -2.03. The van der Waals surface area contributed by atoms with Crippen molar-refractivity contribution in [1.29, 1.82) is 0 Å². The van der Waals surface area contributed by atoms with Gasteiger partial charge in [-0.25, -0.2) is 4.98 Å². The highest BCUT2D eigenvalue weighted by atomic mass is 32.1. The maximum absolute atomic E-state index is 12.1. The molecule has 1 amide bonds. The summed E-state index contributed by atoms with van der Waals surface area (Å²) in [6, 6.07) is 1.95. The highest BCUT2D eigenvalue weighted by Crippen LogP contribution is 2.33. The monoisotopic (exact) mass is 303 g/mol. The van der Waals surface area contributed by atoms with E-state index in [0.717, 1.165) is 40.5 Å².